The maximum absolute atomic E-state index is 13.4. The highest BCUT2D eigenvalue weighted by Gasteiger charge is 2.29. The van der Waals surface area contributed by atoms with Crippen LogP contribution in [-0.4, -0.2) is 28.8 Å². The molecule has 4 nitrogen and oxygen atoms in total. The molecule has 0 aromatic heterocycles. The Labute approximate surface area is 179 Å². The van der Waals surface area contributed by atoms with Crippen LogP contribution in [0.4, 0.5) is 4.39 Å². The maximum atomic E-state index is 13.4. The Bertz CT molecular complexity index is 864. The van der Waals surface area contributed by atoms with Crippen LogP contribution in [-0.2, 0) is 22.6 Å². The van der Waals surface area contributed by atoms with E-state index < -0.39 is 6.04 Å². The molecule has 0 saturated heterocycles. The van der Waals surface area contributed by atoms with Gasteiger partial charge in [-0.05, 0) is 62.4 Å². The molecule has 2 aromatic rings. The van der Waals surface area contributed by atoms with Gasteiger partial charge in [0.15, 0.2) is 0 Å². The summed E-state index contributed by atoms with van der Waals surface area (Å²) in [5.74, 6) is -0.587. The van der Waals surface area contributed by atoms with Crippen molar-refractivity contribution in [2.24, 2.45) is 0 Å². The predicted octanol–water partition coefficient (Wildman–Crippen LogP) is 4.71. The molecular weight excluding hydrogens is 379 g/mol. The van der Waals surface area contributed by atoms with E-state index in [0.717, 1.165) is 28.7 Å². The molecule has 162 valence electrons. The number of hydrogen-bond acceptors (Lipinski definition) is 2. The van der Waals surface area contributed by atoms with Crippen molar-refractivity contribution >= 4 is 11.8 Å². The first kappa shape index (κ1) is 23.6. The summed E-state index contributed by atoms with van der Waals surface area (Å²) in [5, 5.41) is 3.00. The molecule has 0 bridgehead atoms. The lowest BCUT2D eigenvalue weighted by Gasteiger charge is -2.31. The number of halogens is 1. The van der Waals surface area contributed by atoms with Gasteiger partial charge in [-0.15, -0.1) is 0 Å². The molecular formula is C25H33FN2O2. The fraction of sp³-hybridized carbons (Fsp3) is 0.440. The molecule has 2 rings (SSSR count). The van der Waals surface area contributed by atoms with Gasteiger partial charge in [0.05, 0.1) is 6.42 Å². The van der Waals surface area contributed by atoms with Gasteiger partial charge < -0.3 is 10.2 Å². The van der Waals surface area contributed by atoms with Gasteiger partial charge in [0.1, 0.15) is 11.9 Å². The Morgan fingerprint density at radius 1 is 1.03 bits per heavy atom. The summed E-state index contributed by atoms with van der Waals surface area (Å²) in [5.41, 5.74) is 3.89. The highest BCUT2D eigenvalue weighted by molar-refractivity contribution is 5.88. The van der Waals surface area contributed by atoms with Crippen LogP contribution >= 0.6 is 0 Å². The first-order valence-electron chi connectivity index (χ1n) is 10.7. The molecule has 0 radical (unpaired) electrons. The monoisotopic (exact) mass is 412 g/mol. The third-order valence-corrected chi connectivity index (χ3v) is 5.50. The molecule has 5 heteroatoms. The quantitative estimate of drug-likeness (QED) is 0.649. The summed E-state index contributed by atoms with van der Waals surface area (Å²) >= 11 is 0. The summed E-state index contributed by atoms with van der Waals surface area (Å²) in [6.07, 6.45) is 1.54. The average molecular weight is 413 g/mol. The van der Waals surface area contributed by atoms with Gasteiger partial charge in [0.25, 0.3) is 0 Å². The van der Waals surface area contributed by atoms with Crippen LogP contribution < -0.4 is 5.32 Å². The Morgan fingerprint density at radius 2 is 1.70 bits per heavy atom. The van der Waals surface area contributed by atoms with Gasteiger partial charge in [-0.1, -0.05) is 49.7 Å². The lowest BCUT2D eigenvalue weighted by molar-refractivity contribution is -0.141. The van der Waals surface area contributed by atoms with Crippen LogP contribution in [0.5, 0.6) is 0 Å². The molecule has 0 spiro atoms. The van der Waals surface area contributed by atoms with E-state index in [1.165, 1.54) is 12.1 Å². The number of carbonyl (C=O) groups is 2. The zero-order valence-electron chi connectivity index (χ0n) is 18.7. The van der Waals surface area contributed by atoms with Gasteiger partial charge in [-0.25, -0.2) is 4.39 Å². The van der Waals surface area contributed by atoms with Crippen molar-refractivity contribution in [2.45, 2.75) is 72.5 Å². The van der Waals surface area contributed by atoms with Crippen molar-refractivity contribution in [1.29, 1.82) is 0 Å². The molecule has 30 heavy (non-hydrogen) atoms. The second-order valence-corrected chi connectivity index (χ2v) is 8.00. The summed E-state index contributed by atoms with van der Waals surface area (Å²) in [6.45, 7) is 10.1. The van der Waals surface area contributed by atoms with Gasteiger partial charge in [0.2, 0.25) is 11.8 Å². The zero-order chi connectivity index (χ0) is 22.3. The van der Waals surface area contributed by atoms with E-state index in [1.54, 1.807) is 17.0 Å². The van der Waals surface area contributed by atoms with Gasteiger partial charge in [-0.2, -0.15) is 0 Å². The third-order valence-electron chi connectivity index (χ3n) is 5.50. The van der Waals surface area contributed by atoms with Gasteiger partial charge in [-0.3, -0.25) is 9.59 Å². The van der Waals surface area contributed by atoms with Crippen molar-refractivity contribution < 1.29 is 14.0 Å². The van der Waals surface area contributed by atoms with Crippen molar-refractivity contribution in [2.75, 3.05) is 0 Å². The fourth-order valence-corrected chi connectivity index (χ4v) is 3.40. The molecule has 0 aliphatic carbocycles. The number of hydrogen-bond donors (Lipinski definition) is 1. The van der Waals surface area contributed by atoms with Crippen LogP contribution in [0.1, 0.15) is 55.9 Å². The number of amides is 2. The van der Waals surface area contributed by atoms with Crippen molar-refractivity contribution in [3.63, 3.8) is 0 Å². The number of nitrogens with one attached hydrogen (secondary N) is 1. The van der Waals surface area contributed by atoms with Crippen LogP contribution in [0.2, 0.25) is 0 Å². The van der Waals surface area contributed by atoms with Crippen LogP contribution in [0, 0.1) is 19.7 Å². The number of benzene rings is 2. The molecule has 2 atom stereocenters. The average Bonchev–Trinajstić information content (AvgIpc) is 2.71. The Balaban J connectivity index is 2.32. The molecule has 1 N–H and O–H groups in total. The highest BCUT2D eigenvalue weighted by Crippen LogP contribution is 2.18. The molecule has 0 aliphatic rings. The van der Waals surface area contributed by atoms with Crippen molar-refractivity contribution in [3.05, 3.63) is 70.5 Å². The normalized spacial score (nSPS) is 12.9. The van der Waals surface area contributed by atoms with E-state index in [0.29, 0.717) is 6.42 Å². The Kier molecular flexibility index (Phi) is 8.58. The smallest absolute Gasteiger partial charge is 0.243 e. The first-order valence-corrected chi connectivity index (χ1v) is 10.7. The molecule has 2 unspecified atom stereocenters. The number of aryl methyl sites for hydroxylation is 2. The van der Waals surface area contributed by atoms with E-state index in [4.69, 9.17) is 0 Å². The van der Waals surface area contributed by atoms with Crippen molar-refractivity contribution in [3.8, 4) is 0 Å². The highest BCUT2D eigenvalue weighted by atomic mass is 19.1. The first-order chi connectivity index (χ1) is 14.2. The Hall–Kier alpha value is -2.69. The summed E-state index contributed by atoms with van der Waals surface area (Å²) in [6, 6.07) is 11.6. The minimum Gasteiger partial charge on any atom is -0.352 e. The van der Waals surface area contributed by atoms with E-state index in [2.05, 4.69) is 5.32 Å². The fourth-order valence-electron chi connectivity index (χ4n) is 3.40. The Morgan fingerprint density at radius 3 is 2.30 bits per heavy atom. The van der Waals surface area contributed by atoms with Crippen molar-refractivity contribution in [1.82, 2.24) is 10.2 Å². The topological polar surface area (TPSA) is 49.4 Å². The van der Waals surface area contributed by atoms with E-state index in [-0.39, 0.29) is 36.6 Å². The van der Waals surface area contributed by atoms with Crippen LogP contribution in [0.25, 0.3) is 0 Å². The molecule has 2 aromatic carbocycles. The van der Waals surface area contributed by atoms with E-state index >= 15 is 0 Å². The predicted molar refractivity (Wildman–Crippen MR) is 119 cm³/mol. The van der Waals surface area contributed by atoms with E-state index in [9.17, 15) is 14.0 Å². The molecule has 0 heterocycles. The minimum atomic E-state index is -0.582. The number of rotatable bonds is 9. The zero-order valence-corrected chi connectivity index (χ0v) is 18.7. The third kappa shape index (κ3) is 6.41. The summed E-state index contributed by atoms with van der Waals surface area (Å²) in [7, 11) is 0. The summed E-state index contributed by atoms with van der Waals surface area (Å²) in [4.78, 5) is 28.0. The molecule has 2 amide bonds. The minimum absolute atomic E-state index is 0.0355. The molecule has 0 saturated carbocycles. The largest absolute Gasteiger partial charge is 0.352 e. The second-order valence-electron chi connectivity index (χ2n) is 8.00. The standard InChI is InChI=1S/C25H33FN2O2/c1-6-19(5)27-25(30)23(7-2)28(16-20-10-12-22(26)13-11-20)24(29)15-21-14-17(3)8-9-18(21)4/h8-14,19,23H,6-7,15-16H2,1-5H3,(H,27,30). The lowest BCUT2D eigenvalue weighted by atomic mass is 10.0. The number of carbonyl (C=O) groups excluding carboxylic acids is 2. The number of nitrogens with zero attached hydrogens (tertiary/aromatic N) is 1. The molecule has 0 fully saturated rings. The van der Waals surface area contributed by atoms with Gasteiger partial charge >= 0.3 is 0 Å². The van der Waals surface area contributed by atoms with Crippen LogP contribution in [0.15, 0.2) is 42.5 Å². The van der Waals surface area contributed by atoms with E-state index in [1.807, 2.05) is 52.8 Å². The summed E-state index contributed by atoms with van der Waals surface area (Å²) < 4.78 is 13.3. The van der Waals surface area contributed by atoms with Crippen LogP contribution in [0.3, 0.4) is 0 Å². The molecule has 0 aliphatic heterocycles. The van der Waals surface area contributed by atoms with Gasteiger partial charge in [0, 0.05) is 12.6 Å². The maximum Gasteiger partial charge on any atom is 0.243 e. The lowest BCUT2D eigenvalue weighted by Crippen LogP contribution is -2.51. The second kappa shape index (κ2) is 10.9. The SMILES string of the molecule is CCC(C)NC(=O)C(CC)N(Cc1ccc(F)cc1)C(=O)Cc1cc(C)ccc1C.